The molecule has 0 spiro atoms. The third-order valence-electron chi connectivity index (χ3n) is 3.37. The maximum atomic E-state index is 11.7. The second-order valence-electron chi connectivity index (χ2n) is 5.81. The molecule has 23 heavy (non-hydrogen) atoms. The predicted molar refractivity (Wildman–Crippen MR) is 105 cm³/mol. The number of hydrogen-bond donors (Lipinski definition) is 0. The van der Waals surface area contributed by atoms with Crippen LogP contribution in [0, 0.1) is 20.8 Å². The van der Waals surface area contributed by atoms with Crippen molar-refractivity contribution in [1.29, 1.82) is 0 Å². The summed E-state index contributed by atoms with van der Waals surface area (Å²) in [6.07, 6.45) is 4.31. The quantitative estimate of drug-likeness (QED) is 0.447. The van der Waals surface area contributed by atoms with Crippen molar-refractivity contribution in [2.75, 3.05) is 6.16 Å². The molecule has 1 nitrogen and oxygen atoms in total. The largest absolute Gasteiger partial charge is 0.282 e. The molecule has 0 aromatic heterocycles. The van der Waals surface area contributed by atoms with Crippen LogP contribution in [0.15, 0.2) is 48.5 Å². The molecule has 0 N–H and O–H groups in total. The van der Waals surface area contributed by atoms with Crippen LogP contribution in [-0.4, -0.2) is 6.16 Å². The van der Waals surface area contributed by atoms with Crippen molar-refractivity contribution in [1.82, 2.24) is 0 Å². The minimum atomic E-state index is -1.14. The van der Waals surface area contributed by atoms with Gasteiger partial charge in [-0.25, -0.2) is 0 Å². The molecule has 2 heteroatoms. The Morgan fingerprint density at radius 1 is 0.826 bits per heavy atom. The highest BCUT2D eigenvalue weighted by Gasteiger charge is 2.01. The van der Waals surface area contributed by atoms with Crippen molar-refractivity contribution in [2.24, 2.45) is 0 Å². The molecular weight excluding hydrogens is 299 g/mol. The zero-order chi connectivity index (χ0) is 16.4. The van der Waals surface area contributed by atoms with E-state index >= 15 is 0 Å². The molecule has 1 unspecified atom stereocenters. The average Bonchev–Trinajstić information content (AvgIpc) is 2.47. The highest BCUT2D eigenvalue weighted by molar-refractivity contribution is 7.53. The van der Waals surface area contributed by atoms with Crippen LogP contribution in [0.5, 0.6) is 0 Å². The Balaban J connectivity index is 0.000000427. The molecule has 0 aliphatic rings. The van der Waals surface area contributed by atoms with Crippen LogP contribution in [0.1, 0.15) is 50.3 Å². The summed E-state index contributed by atoms with van der Waals surface area (Å²) in [5.41, 5.74) is 4.06. The van der Waals surface area contributed by atoms with E-state index in [9.17, 15) is 4.57 Å². The molecule has 0 fully saturated rings. The number of aryl methyl sites for hydroxylation is 3. The summed E-state index contributed by atoms with van der Waals surface area (Å²) in [4.78, 5) is 0. The molecule has 2 rings (SSSR count). The summed E-state index contributed by atoms with van der Waals surface area (Å²) in [5.74, 6) is 0. The molecule has 0 bridgehead atoms. The summed E-state index contributed by atoms with van der Waals surface area (Å²) in [6.45, 7) is 8.54. The van der Waals surface area contributed by atoms with Gasteiger partial charge in [-0.3, -0.25) is 4.57 Å². The lowest BCUT2D eigenvalue weighted by Gasteiger charge is -1.99. The fourth-order valence-corrected chi connectivity index (χ4v) is 3.70. The first kappa shape index (κ1) is 21.5. The van der Waals surface area contributed by atoms with Gasteiger partial charge in [0.2, 0.25) is 0 Å². The smallest absolute Gasteiger partial charge is 0.104 e. The summed E-state index contributed by atoms with van der Waals surface area (Å²) >= 11 is 0. The third-order valence-corrected chi connectivity index (χ3v) is 4.97. The molecule has 1 atom stereocenters. The van der Waals surface area contributed by atoms with Crippen molar-refractivity contribution in [2.45, 2.75) is 54.4 Å². The van der Waals surface area contributed by atoms with Crippen LogP contribution in [0.4, 0.5) is 0 Å². The Labute approximate surface area is 143 Å². The van der Waals surface area contributed by atoms with Gasteiger partial charge in [0.05, 0.1) is 0 Å². The van der Waals surface area contributed by atoms with Crippen molar-refractivity contribution in [3.05, 3.63) is 65.2 Å². The molecule has 0 amide bonds. The highest BCUT2D eigenvalue weighted by atomic mass is 31.1. The van der Waals surface area contributed by atoms with Crippen molar-refractivity contribution >= 4 is 13.1 Å². The van der Waals surface area contributed by atoms with Crippen molar-refractivity contribution < 1.29 is 4.57 Å². The lowest BCUT2D eigenvalue weighted by molar-refractivity contribution is 0.590. The standard InChI is InChI=1S/C11H16OP.C9H12.CH4/c1-2-3-7-10-13(12)11-8-5-4-6-9-11;1-7-4-8(2)6-9(3)5-7;/h4-6,8-9H,2-3,7,10H2,1H3;4-6H,1-3H3;1H4. The van der Waals surface area contributed by atoms with E-state index in [4.69, 9.17) is 0 Å². The van der Waals surface area contributed by atoms with Gasteiger partial charge in [0.1, 0.15) is 7.80 Å². The summed E-state index contributed by atoms with van der Waals surface area (Å²) in [5, 5.41) is 0.994. The first-order valence-electron chi connectivity index (χ1n) is 8.07. The van der Waals surface area contributed by atoms with Crippen LogP contribution in [-0.2, 0) is 4.57 Å². The Morgan fingerprint density at radius 3 is 1.74 bits per heavy atom. The predicted octanol–water partition coefficient (Wildman–Crippen LogP) is 6.58. The molecule has 0 aliphatic heterocycles. The molecule has 2 aromatic carbocycles. The molecule has 0 heterocycles. The maximum Gasteiger partial charge on any atom is 0.104 e. The van der Waals surface area contributed by atoms with Gasteiger partial charge >= 0.3 is 0 Å². The number of hydrogen-bond acceptors (Lipinski definition) is 1. The zero-order valence-electron chi connectivity index (χ0n) is 14.3. The second kappa shape index (κ2) is 12.0. The summed E-state index contributed by atoms with van der Waals surface area (Å²) < 4.78 is 11.7. The fourth-order valence-electron chi connectivity index (χ4n) is 2.43. The number of unbranched alkanes of at least 4 members (excludes halogenated alkanes) is 2. The third kappa shape index (κ3) is 9.31. The molecule has 0 saturated heterocycles. The minimum absolute atomic E-state index is 0. The first-order chi connectivity index (χ1) is 10.5. The van der Waals surface area contributed by atoms with Gasteiger partial charge in [-0.05, 0) is 39.3 Å². The van der Waals surface area contributed by atoms with Gasteiger partial charge in [0, 0.05) is 11.5 Å². The highest BCUT2D eigenvalue weighted by Crippen LogP contribution is 2.21. The van der Waals surface area contributed by atoms with E-state index in [-0.39, 0.29) is 7.43 Å². The number of benzene rings is 2. The van der Waals surface area contributed by atoms with Crippen LogP contribution in [0.3, 0.4) is 0 Å². The minimum Gasteiger partial charge on any atom is -0.282 e. The monoisotopic (exact) mass is 331 g/mol. The van der Waals surface area contributed by atoms with Crippen molar-refractivity contribution in [3.63, 3.8) is 0 Å². The Bertz CT molecular complexity index is 525. The summed E-state index contributed by atoms with van der Waals surface area (Å²) in [7, 11) is -1.14. The van der Waals surface area contributed by atoms with Crippen LogP contribution >= 0.6 is 7.80 Å². The van der Waals surface area contributed by atoms with Crippen molar-refractivity contribution in [3.8, 4) is 0 Å². The van der Waals surface area contributed by atoms with Crippen LogP contribution in [0.2, 0.25) is 0 Å². The normalized spacial score (nSPS) is 10.2. The molecule has 127 valence electrons. The molecule has 0 aliphatic carbocycles. The van der Waals surface area contributed by atoms with E-state index in [2.05, 4.69) is 45.9 Å². The SMILES string of the molecule is C.CCCCC[P](=O)c1ccccc1.Cc1cc(C)cc(C)c1. The Hall–Kier alpha value is -1.46. The van der Waals surface area contributed by atoms with Gasteiger partial charge in [-0.2, -0.15) is 0 Å². The Kier molecular flexibility index (Phi) is 11.3. The topological polar surface area (TPSA) is 17.1 Å². The number of rotatable bonds is 5. The zero-order valence-corrected chi connectivity index (χ0v) is 15.2. The van der Waals surface area contributed by atoms with Gasteiger partial charge in [-0.15, -0.1) is 0 Å². The lowest BCUT2D eigenvalue weighted by atomic mass is 10.1. The van der Waals surface area contributed by atoms with Gasteiger partial charge in [-0.1, -0.05) is 80.3 Å². The van der Waals surface area contributed by atoms with E-state index in [1.165, 1.54) is 29.5 Å². The lowest BCUT2D eigenvalue weighted by Crippen LogP contribution is -1.96. The van der Waals surface area contributed by atoms with Crippen LogP contribution in [0.25, 0.3) is 0 Å². The van der Waals surface area contributed by atoms with Gasteiger partial charge < -0.3 is 0 Å². The van der Waals surface area contributed by atoms with E-state index < -0.39 is 7.80 Å². The second-order valence-corrected chi connectivity index (χ2v) is 7.53. The molecule has 2 aromatic rings. The summed E-state index contributed by atoms with van der Waals surface area (Å²) in [6, 6.07) is 16.3. The molecular formula is C21H32OP. The van der Waals surface area contributed by atoms with E-state index in [0.717, 1.165) is 17.9 Å². The molecule has 1 radical (unpaired) electrons. The van der Waals surface area contributed by atoms with E-state index in [1.807, 2.05) is 30.3 Å². The van der Waals surface area contributed by atoms with Gasteiger partial charge in [0.25, 0.3) is 0 Å². The molecule has 0 saturated carbocycles. The Morgan fingerprint density at radius 2 is 1.30 bits per heavy atom. The maximum absolute atomic E-state index is 11.7. The van der Waals surface area contributed by atoms with E-state index in [0.29, 0.717) is 0 Å². The average molecular weight is 331 g/mol. The van der Waals surface area contributed by atoms with Gasteiger partial charge in [0.15, 0.2) is 0 Å². The first-order valence-corrected chi connectivity index (χ1v) is 9.52. The fraction of sp³-hybridized carbons (Fsp3) is 0.429. The van der Waals surface area contributed by atoms with E-state index in [1.54, 1.807) is 0 Å². The van der Waals surface area contributed by atoms with Crippen LogP contribution < -0.4 is 5.30 Å².